The van der Waals surface area contributed by atoms with E-state index in [1.165, 1.54) is 22.2 Å². The molecule has 1 aromatic carbocycles. The Bertz CT molecular complexity index is 919. The lowest BCUT2D eigenvalue weighted by molar-refractivity contribution is -0.101. The van der Waals surface area contributed by atoms with Gasteiger partial charge in [-0.3, -0.25) is 4.90 Å². The Balaban J connectivity index is 1.38. The van der Waals surface area contributed by atoms with Crippen LogP contribution >= 0.6 is 0 Å². The smallest absolute Gasteiger partial charge is 0.140 e. The largest absolute Gasteiger partial charge is 0.368 e. The van der Waals surface area contributed by atoms with Crippen LogP contribution in [0.3, 0.4) is 0 Å². The van der Waals surface area contributed by atoms with E-state index in [0.29, 0.717) is 0 Å². The van der Waals surface area contributed by atoms with Gasteiger partial charge in [-0.1, -0.05) is 18.2 Å². The molecule has 0 amide bonds. The molecule has 2 aliphatic rings. The Morgan fingerprint density at radius 1 is 1.23 bits per heavy atom. The van der Waals surface area contributed by atoms with Crippen LogP contribution in [0.2, 0.25) is 0 Å². The lowest BCUT2D eigenvalue weighted by Gasteiger charge is -2.43. The number of benzene rings is 1. The first-order valence-electron chi connectivity index (χ1n) is 9.62. The maximum Gasteiger partial charge on any atom is 0.140 e. The standard InChI is InChI=1S/C20H25N5O/c1-2-25-18(21-14-22-25)13-24-10-8-20(9-11-24)19-16(7-12-26-20)15-5-3-4-6-17(15)23-19/h3-6,14,23H,2,7-13H2,1H3. The highest BCUT2D eigenvalue weighted by Crippen LogP contribution is 2.43. The van der Waals surface area contributed by atoms with E-state index in [9.17, 15) is 0 Å². The number of para-hydroxylation sites is 1. The van der Waals surface area contributed by atoms with Crippen molar-refractivity contribution in [1.82, 2.24) is 24.6 Å². The Morgan fingerprint density at radius 3 is 2.92 bits per heavy atom. The number of likely N-dealkylation sites (tertiary alicyclic amines) is 1. The summed E-state index contributed by atoms with van der Waals surface area (Å²) in [6.45, 7) is 6.70. The first kappa shape index (κ1) is 16.0. The van der Waals surface area contributed by atoms with Gasteiger partial charge in [-0.05, 0) is 37.8 Å². The molecular formula is C20H25N5O. The lowest BCUT2D eigenvalue weighted by Crippen LogP contribution is -2.46. The third kappa shape index (κ3) is 2.47. The van der Waals surface area contributed by atoms with Crippen molar-refractivity contribution in [1.29, 1.82) is 0 Å². The zero-order valence-corrected chi connectivity index (χ0v) is 15.2. The molecule has 0 aliphatic carbocycles. The normalized spacial score (nSPS) is 19.9. The van der Waals surface area contributed by atoms with E-state index in [4.69, 9.17) is 4.74 Å². The summed E-state index contributed by atoms with van der Waals surface area (Å²) < 4.78 is 8.38. The molecule has 0 bridgehead atoms. The Hall–Kier alpha value is -2.18. The van der Waals surface area contributed by atoms with Crippen LogP contribution in [-0.2, 0) is 29.8 Å². The molecular weight excluding hydrogens is 326 g/mol. The molecule has 136 valence electrons. The van der Waals surface area contributed by atoms with Crippen molar-refractivity contribution in [2.24, 2.45) is 0 Å². The van der Waals surface area contributed by atoms with Crippen LogP contribution in [0.1, 0.15) is 36.8 Å². The minimum Gasteiger partial charge on any atom is -0.368 e. The van der Waals surface area contributed by atoms with Crippen molar-refractivity contribution < 1.29 is 4.74 Å². The summed E-state index contributed by atoms with van der Waals surface area (Å²) in [5.74, 6) is 1.05. The van der Waals surface area contributed by atoms with Crippen molar-refractivity contribution in [3.8, 4) is 0 Å². The lowest BCUT2D eigenvalue weighted by atomic mass is 9.83. The fraction of sp³-hybridized carbons (Fsp3) is 0.500. The van der Waals surface area contributed by atoms with Crippen molar-refractivity contribution in [2.75, 3.05) is 19.7 Å². The van der Waals surface area contributed by atoms with Crippen LogP contribution in [0.25, 0.3) is 10.9 Å². The van der Waals surface area contributed by atoms with Gasteiger partial charge in [0.05, 0.1) is 18.8 Å². The molecule has 1 saturated heterocycles. The number of aryl methyl sites for hydroxylation is 1. The molecule has 1 fully saturated rings. The summed E-state index contributed by atoms with van der Waals surface area (Å²) in [6, 6.07) is 8.64. The van der Waals surface area contributed by atoms with Gasteiger partial charge in [-0.25, -0.2) is 9.67 Å². The molecule has 3 aromatic rings. The average Bonchev–Trinajstić information content (AvgIpc) is 3.29. The van der Waals surface area contributed by atoms with Crippen LogP contribution in [0, 0.1) is 0 Å². The second-order valence-electron chi connectivity index (χ2n) is 7.39. The number of nitrogens with one attached hydrogen (secondary N) is 1. The molecule has 2 aliphatic heterocycles. The van der Waals surface area contributed by atoms with E-state index in [1.807, 2.05) is 4.68 Å². The Kier molecular flexibility index (Phi) is 3.83. The molecule has 0 saturated carbocycles. The van der Waals surface area contributed by atoms with Crippen LogP contribution in [-0.4, -0.2) is 44.3 Å². The van der Waals surface area contributed by atoms with Gasteiger partial charge in [0, 0.05) is 30.5 Å². The highest BCUT2D eigenvalue weighted by atomic mass is 16.5. The summed E-state index contributed by atoms with van der Waals surface area (Å²) >= 11 is 0. The van der Waals surface area contributed by atoms with Gasteiger partial charge in [0.15, 0.2) is 0 Å². The van der Waals surface area contributed by atoms with Crippen LogP contribution in [0.15, 0.2) is 30.6 Å². The SMILES string of the molecule is CCn1ncnc1CN1CCC2(CC1)OCCc1c2[nH]c2ccccc12. The van der Waals surface area contributed by atoms with Gasteiger partial charge < -0.3 is 9.72 Å². The monoisotopic (exact) mass is 351 g/mol. The number of aromatic amines is 1. The number of rotatable bonds is 3. The van der Waals surface area contributed by atoms with Crippen molar-refractivity contribution in [3.63, 3.8) is 0 Å². The van der Waals surface area contributed by atoms with Gasteiger partial charge in [0.25, 0.3) is 0 Å². The zero-order valence-electron chi connectivity index (χ0n) is 15.2. The summed E-state index contributed by atoms with van der Waals surface area (Å²) in [5.41, 5.74) is 3.87. The van der Waals surface area contributed by atoms with Crippen LogP contribution in [0.4, 0.5) is 0 Å². The molecule has 6 nitrogen and oxygen atoms in total. The average molecular weight is 351 g/mol. The molecule has 0 atom stereocenters. The Morgan fingerprint density at radius 2 is 2.08 bits per heavy atom. The number of aromatic nitrogens is 4. The van der Waals surface area contributed by atoms with Gasteiger partial charge in [0.1, 0.15) is 17.8 Å². The van der Waals surface area contributed by atoms with E-state index in [0.717, 1.165) is 57.9 Å². The summed E-state index contributed by atoms with van der Waals surface area (Å²) in [7, 11) is 0. The molecule has 1 N–H and O–H groups in total. The van der Waals surface area contributed by atoms with E-state index >= 15 is 0 Å². The summed E-state index contributed by atoms with van der Waals surface area (Å²) in [4.78, 5) is 10.6. The molecule has 6 heteroatoms. The third-order valence-electron chi connectivity index (χ3n) is 6.02. The predicted molar refractivity (Wildman–Crippen MR) is 99.8 cm³/mol. The summed E-state index contributed by atoms with van der Waals surface area (Å²) in [6.07, 6.45) is 4.70. The molecule has 4 heterocycles. The van der Waals surface area contributed by atoms with Crippen LogP contribution < -0.4 is 0 Å². The highest BCUT2D eigenvalue weighted by molar-refractivity contribution is 5.85. The van der Waals surface area contributed by atoms with E-state index in [1.54, 1.807) is 6.33 Å². The van der Waals surface area contributed by atoms with Crippen molar-refractivity contribution in [3.05, 3.63) is 47.7 Å². The number of nitrogens with zero attached hydrogens (tertiary/aromatic N) is 4. The maximum absolute atomic E-state index is 6.40. The van der Waals surface area contributed by atoms with Crippen molar-refractivity contribution >= 4 is 10.9 Å². The van der Waals surface area contributed by atoms with Crippen LogP contribution in [0.5, 0.6) is 0 Å². The van der Waals surface area contributed by atoms with Crippen molar-refractivity contribution in [2.45, 2.75) is 44.9 Å². The molecule has 0 unspecified atom stereocenters. The Labute approximate surface area is 153 Å². The zero-order chi connectivity index (χ0) is 17.6. The van der Waals surface area contributed by atoms with E-state index < -0.39 is 0 Å². The minimum atomic E-state index is -0.151. The molecule has 5 rings (SSSR count). The third-order valence-corrected chi connectivity index (χ3v) is 6.02. The van der Waals surface area contributed by atoms with Gasteiger partial charge in [-0.15, -0.1) is 0 Å². The fourth-order valence-corrected chi connectivity index (χ4v) is 4.61. The van der Waals surface area contributed by atoms with Gasteiger partial charge >= 0.3 is 0 Å². The predicted octanol–water partition coefficient (Wildman–Crippen LogP) is 2.84. The first-order valence-corrected chi connectivity index (χ1v) is 9.62. The second-order valence-corrected chi connectivity index (χ2v) is 7.39. The number of hydrogen-bond donors (Lipinski definition) is 1. The summed E-state index contributed by atoms with van der Waals surface area (Å²) in [5, 5.41) is 5.65. The first-order chi connectivity index (χ1) is 12.8. The van der Waals surface area contributed by atoms with Gasteiger partial charge in [0.2, 0.25) is 0 Å². The quantitative estimate of drug-likeness (QED) is 0.788. The minimum absolute atomic E-state index is 0.151. The topological polar surface area (TPSA) is 59.0 Å². The number of piperidine rings is 1. The van der Waals surface area contributed by atoms with E-state index in [-0.39, 0.29) is 5.60 Å². The highest BCUT2D eigenvalue weighted by Gasteiger charge is 2.42. The second kappa shape index (κ2) is 6.21. The fourth-order valence-electron chi connectivity index (χ4n) is 4.61. The molecule has 0 radical (unpaired) electrons. The number of fused-ring (bicyclic) bond motifs is 4. The number of H-pyrrole nitrogens is 1. The number of hydrogen-bond acceptors (Lipinski definition) is 4. The molecule has 2 aromatic heterocycles. The molecule has 26 heavy (non-hydrogen) atoms. The molecule has 1 spiro atoms. The van der Waals surface area contributed by atoms with E-state index in [2.05, 4.69) is 51.2 Å². The van der Waals surface area contributed by atoms with Gasteiger partial charge in [-0.2, -0.15) is 5.10 Å². The number of ether oxygens (including phenoxy) is 1. The maximum atomic E-state index is 6.40.